The Bertz CT molecular complexity index is 1110. The van der Waals surface area contributed by atoms with Crippen LogP contribution in [-0.2, 0) is 0 Å². The number of amides is 1. The molecule has 0 unspecified atom stereocenters. The molecule has 0 radical (unpaired) electrons. The van der Waals surface area contributed by atoms with Gasteiger partial charge < -0.3 is 18.7 Å². The lowest BCUT2D eigenvalue weighted by Gasteiger charge is -2.36. The fourth-order valence-corrected chi connectivity index (χ4v) is 3.83. The zero-order valence-corrected chi connectivity index (χ0v) is 15.0. The minimum absolute atomic E-state index is 0.121. The SMILES string of the molecule is Cc1ncoc1C(=O)N1C[C@H](C)c2[nH]cnc2[C@H]1c1cc2ccccc2o1. The third-order valence-corrected chi connectivity index (χ3v) is 5.15. The van der Waals surface area contributed by atoms with Gasteiger partial charge in [0.15, 0.2) is 6.39 Å². The number of carbonyl (C=O) groups is 1. The number of rotatable bonds is 2. The minimum atomic E-state index is -0.424. The highest BCUT2D eigenvalue weighted by molar-refractivity contribution is 5.93. The number of nitrogens with zero attached hydrogens (tertiary/aromatic N) is 3. The van der Waals surface area contributed by atoms with Crippen molar-refractivity contribution in [2.45, 2.75) is 25.8 Å². The summed E-state index contributed by atoms with van der Waals surface area (Å²) < 4.78 is 11.5. The summed E-state index contributed by atoms with van der Waals surface area (Å²) in [5.74, 6) is 0.843. The van der Waals surface area contributed by atoms with Gasteiger partial charge in [0.25, 0.3) is 5.91 Å². The van der Waals surface area contributed by atoms with Crippen LogP contribution in [0, 0.1) is 6.92 Å². The van der Waals surface area contributed by atoms with Crippen LogP contribution in [0.25, 0.3) is 11.0 Å². The number of aromatic amines is 1. The van der Waals surface area contributed by atoms with Crippen molar-refractivity contribution < 1.29 is 13.6 Å². The molecule has 7 nitrogen and oxygen atoms in total. The molecule has 3 aromatic heterocycles. The maximum atomic E-state index is 13.3. The number of aryl methyl sites for hydroxylation is 1. The van der Waals surface area contributed by atoms with Crippen molar-refractivity contribution in [3.63, 3.8) is 0 Å². The molecule has 1 amide bonds. The van der Waals surface area contributed by atoms with Gasteiger partial charge in [0.05, 0.1) is 17.7 Å². The predicted molar refractivity (Wildman–Crippen MR) is 97.3 cm³/mol. The Morgan fingerprint density at radius 2 is 2.15 bits per heavy atom. The third-order valence-electron chi connectivity index (χ3n) is 5.15. The second-order valence-electron chi connectivity index (χ2n) is 6.92. The Balaban J connectivity index is 1.67. The van der Waals surface area contributed by atoms with Crippen LogP contribution in [0.1, 0.15) is 52.3 Å². The van der Waals surface area contributed by atoms with Gasteiger partial charge in [-0.25, -0.2) is 9.97 Å². The van der Waals surface area contributed by atoms with Crippen LogP contribution in [0.4, 0.5) is 0 Å². The highest BCUT2D eigenvalue weighted by Crippen LogP contribution is 2.40. The largest absolute Gasteiger partial charge is 0.458 e. The molecule has 0 spiro atoms. The van der Waals surface area contributed by atoms with Gasteiger partial charge in [-0.3, -0.25) is 4.79 Å². The predicted octanol–water partition coefficient (Wildman–Crippen LogP) is 3.80. The van der Waals surface area contributed by atoms with Crippen molar-refractivity contribution >= 4 is 16.9 Å². The van der Waals surface area contributed by atoms with Crippen LogP contribution in [0.15, 0.2) is 51.9 Å². The second-order valence-corrected chi connectivity index (χ2v) is 6.92. The normalized spacial score (nSPS) is 19.4. The van der Waals surface area contributed by atoms with E-state index in [1.54, 1.807) is 18.2 Å². The molecule has 7 heteroatoms. The zero-order chi connectivity index (χ0) is 18.5. The first-order valence-corrected chi connectivity index (χ1v) is 8.86. The van der Waals surface area contributed by atoms with E-state index in [1.165, 1.54) is 6.39 Å². The number of hydrogen-bond acceptors (Lipinski definition) is 5. The second kappa shape index (κ2) is 5.84. The fourth-order valence-electron chi connectivity index (χ4n) is 3.83. The lowest BCUT2D eigenvalue weighted by Crippen LogP contribution is -2.42. The van der Waals surface area contributed by atoms with Gasteiger partial charge in [0.2, 0.25) is 5.76 Å². The van der Waals surface area contributed by atoms with Crippen LogP contribution in [-0.4, -0.2) is 32.3 Å². The van der Waals surface area contributed by atoms with E-state index in [0.29, 0.717) is 18.0 Å². The van der Waals surface area contributed by atoms with Gasteiger partial charge in [-0.2, -0.15) is 0 Å². The molecule has 1 aliphatic rings. The zero-order valence-electron chi connectivity index (χ0n) is 15.0. The van der Waals surface area contributed by atoms with E-state index in [1.807, 2.05) is 30.3 Å². The van der Waals surface area contributed by atoms with Crippen molar-refractivity contribution in [1.82, 2.24) is 19.9 Å². The molecule has 1 aromatic carbocycles. The average molecular weight is 362 g/mol. The summed E-state index contributed by atoms with van der Waals surface area (Å²) in [5, 5.41) is 0.992. The number of aromatic nitrogens is 3. The van der Waals surface area contributed by atoms with E-state index in [4.69, 9.17) is 8.83 Å². The molecule has 1 aliphatic heterocycles. The average Bonchev–Trinajstić information content (AvgIpc) is 3.39. The topological polar surface area (TPSA) is 88.2 Å². The third kappa shape index (κ3) is 2.38. The number of imidazole rings is 1. The van der Waals surface area contributed by atoms with E-state index < -0.39 is 6.04 Å². The van der Waals surface area contributed by atoms with Crippen LogP contribution in [0.5, 0.6) is 0 Å². The van der Waals surface area contributed by atoms with Gasteiger partial charge in [0.1, 0.15) is 17.4 Å². The molecule has 4 heterocycles. The smallest absolute Gasteiger partial charge is 0.292 e. The number of para-hydroxylation sites is 1. The summed E-state index contributed by atoms with van der Waals surface area (Å²) in [4.78, 5) is 26.8. The standard InChI is InChI=1S/C20H18N4O3/c1-11-8-24(20(25)19-12(2)23-10-26-19)18(17-16(11)21-9-22-17)15-7-13-5-3-4-6-14(13)27-15/h3-7,9-11,18H,8H2,1-2H3,(H,21,22)/t11-,18+/m0/s1. The number of furan rings is 1. The first-order valence-electron chi connectivity index (χ1n) is 8.86. The van der Waals surface area contributed by atoms with Gasteiger partial charge in [-0.05, 0) is 19.1 Å². The Kier molecular flexibility index (Phi) is 3.43. The molecule has 4 aromatic rings. The van der Waals surface area contributed by atoms with E-state index in [-0.39, 0.29) is 17.6 Å². The van der Waals surface area contributed by atoms with Crippen LogP contribution >= 0.6 is 0 Å². The molecule has 1 N–H and O–H groups in total. The molecule has 2 atom stereocenters. The quantitative estimate of drug-likeness (QED) is 0.586. The molecule has 5 rings (SSSR count). The maximum Gasteiger partial charge on any atom is 0.292 e. The summed E-state index contributed by atoms with van der Waals surface area (Å²) in [5.41, 5.74) is 3.19. The number of H-pyrrole nitrogens is 1. The van der Waals surface area contributed by atoms with Crippen molar-refractivity contribution in [1.29, 1.82) is 0 Å². The van der Waals surface area contributed by atoms with Gasteiger partial charge >= 0.3 is 0 Å². The molecule has 27 heavy (non-hydrogen) atoms. The molecule has 136 valence electrons. The number of carbonyl (C=O) groups excluding carboxylic acids is 1. The number of benzene rings is 1. The summed E-state index contributed by atoms with van der Waals surface area (Å²) >= 11 is 0. The Morgan fingerprint density at radius 3 is 2.93 bits per heavy atom. The van der Waals surface area contributed by atoms with Crippen molar-refractivity contribution in [3.05, 3.63) is 71.7 Å². The lowest BCUT2D eigenvalue weighted by atomic mass is 9.93. The van der Waals surface area contributed by atoms with Gasteiger partial charge in [-0.15, -0.1) is 0 Å². The number of nitrogens with one attached hydrogen (secondary N) is 1. The minimum Gasteiger partial charge on any atom is -0.458 e. The summed E-state index contributed by atoms with van der Waals surface area (Å²) in [6.45, 7) is 4.36. The number of oxazole rings is 1. The fraction of sp³-hybridized carbons (Fsp3) is 0.250. The van der Waals surface area contributed by atoms with E-state index in [9.17, 15) is 4.79 Å². The molecular weight excluding hydrogens is 344 g/mol. The van der Waals surface area contributed by atoms with E-state index >= 15 is 0 Å². The van der Waals surface area contributed by atoms with Crippen molar-refractivity contribution in [2.75, 3.05) is 6.54 Å². The molecule has 0 saturated heterocycles. The van der Waals surface area contributed by atoms with Gasteiger partial charge in [-0.1, -0.05) is 25.1 Å². The molecule has 0 aliphatic carbocycles. The van der Waals surface area contributed by atoms with Crippen LogP contribution in [0.3, 0.4) is 0 Å². The summed E-state index contributed by atoms with van der Waals surface area (Å²) in [7, 11) is 0. The maximum absolute atomic E-state index is 13.3. The molecular formula is C20H18N4O3. The highest BCUT2D eigenvalue weighted by Gasteiger charge is 2.40. The number of hydrogen-bond donors (Lipinski definition) is 1. The van der Waals surface area contributed by atoms with Crippen LogP contribution in [0.2, 0.25) is 0 Å². The van der Waals surface area contributed by atoms with E-state index in [0.717, 1.165) is 22.4 Å². The van der Waals surface area contributed by atoms with Crippen molar-refractivity contribution in [3.8, 4) is 0 Å². The Hall–Kier alpha value is -3.35. The van der Waals surface area contributed by atoms with Gasteiger partial charge in [0, 0.05) is 23.5 Å². The van der Waals surface area contributed by atoms with Crippen LogP contribution < -0.4 is 0 Å². The number of fused-ring (bicyclic) bond motifs is 2. The molecule has 0 bridgehead atoms. The molecule has 0 fully saturated rings. The first-order chi connectivity index (χ1) is 13.1. The lowest BCUT2D eigenvalue weighted by molar-refractivity contribution is 0.0620. The van der Waals surface area contributed by atoms with Crippen molar-refractivity contribution in [2.24, 2.45) is 0 Å². The first kappa shape index (κ1) is 15.9. The highest BCUT2D eigenvalue weighted by atomic mass is 16.4. The summed E-state index contributed by atoms with van der Waals surface area (Å²) in [6, 6.07) is 9.35. The van der Waals surface area contributed by atoms with E-state index in [2.05, 4.69) is 21.9 Å². The monoisotopic (exact) mass is 362 g/mol. The summed E-state index contributed by atoms with van der Waals surface area (Å²) in [6.07, 6.45) is 2.97. The Labute approximate surface area is 155 Å². The molecule has 0 saturated carbocycles. The Morgan fingerprint density at radius 1 is 1.30 bits per heavy atom.